The Balaban J connectivity index is 2.35. The molecular formula is C10H9BrN2O2S2. The number of anilines is 1. The van der Waals surface area contributed by atoms with Crippen molar-refractivity contribution in [3.8, 4) is 0 Å². The Bertz CT molecular complexity index is 623. The predicted octanol–water partition coefficient (Wildman–Crippen LogP) is 3.01. The van der Waals surface area contributed by atoms with Crippen LogP contribution in [0.25, 0.3) is 0 Å². The maximum atomic E-state index is 12.1. The second-order valence-corrected chi connectivity index (χ2v) is 7.60. The second kappa shape index (κ2) is 4.75. The van der Waals surface area contributed by atoms with E-state index in [-0.39, 0.29) is 0 Å². The minimum Gasteiger partial charge on any atom is -0.278 e. The second-order valence-electron chi connectivity index (χ2n) is 3.32. The van der Waals surface area contributed by atoms with Gasteiger partial charge in [-0.25, -0.2) is 8.42 Å². The van der Waals surface area contributed by atoms with Crippen molar-refractivity contribution in [3.05, 3.63) is 39.3 Å². The Morgan fingerprint density at radius 1 is 1.47 bits per heavy atom. The smallest absolute Gasteiger partial charge is 0.263 e. The van der Waals surface area contributed by atoms with Crippen LogP contribution < -0.4 is 4.72 Å². The molecule has 2 rings (SSSR count). The van der Waals surface area contributed by atoms with Crippen LogP contribution in [-0.4, -0.2) is 13.4 Å². The van der Waals surface area contributed by atoms with Gasteiger partial charge < -0.3 is 0 Å². The van der Waals surface area contributed by atoms with Crippen molar-refractivity contribution < 1.29 is 8.42 Å². The summed E-state index contributed by atoms with van der Waals surface area (Å²) >= 11 is 4.66. The molecule has 17 heavy (non-hydrogen) atoms. The zero-order valence-electron chi connectivity index (χ0n) is 8.84. The zero-order chi connectivity index (χ0) is 12.5. The Hall–Kier alpha value is -0.920. The highest BCUT2D eigenvalue weighted by Gasteiger charge is 2.19. The molecule has 0 radical (unpaired) electrons. The van der Waals surface area contributed by atoms with E-state index in [0.717, 1.165) is 8.66 Å². The van der Waals surface area contributed by atoms with Crippen molar-refractivity contribution in [2.45, 2.75) is 11.8 Å². The molecule has 0 amide bonds. The van der Waals surface area contributed by atoms with Gasteiger partial charge in [0.2, 0.25) is 0 Å². The quantitative estimate of drug-likeness (QED) is 0.939. The van der Waals surface area contributed by atoms with E-state index in [9.17, 15) is 8.42 Å². The first-order chi connectivity index (χ1) is 7.99. The summed E-state index contributed by atoms with van der Waals surface area (Å²) < 4.78 is 27.4. The lowest BCUT2D eigenvalue weighted by atomic mass is 10.4. The number of nitrogens with one attached hydrogen (secondary N) is 1. The summed E-state index contributed by atoms with van der Waals surface area (Å²) in [5.74, 6) is 0. The Kier molecular flexibility index (Phi) is 3.50. The molecule has 0 aliphatic carbocycles. The average Bonchev–Trinajstić information content (AvgIpc) is 2.59. The Labute approximate surface area is 112 Å². The van der Waals surface area contributed by atoms with Gasteiger partial charge in [0.05, 0.1) is 15.7 Å². The number of hydrogen-bond donors (Lipinski definition) is 1. The molecule has 90 valence electrons. The zero-order valence-corrected chi connectivity index (χ0v) is 12.1. The monoisotopic (exact) mass is 332 g/mol. The molecule has 0 atom stereocenters. The molecular weight excluding hydrogens is 324 g/mol. The number of hydrogen-bond acceptors (Lipinski definition) is 4. The SMILES string of the molecule is Cc1sc(Br)cc1S(=O)(=O)Nc1cccnc1. The Morgan fingerprint density at radius 2 is 2.24 bits per heavy atom. The molecule has 0 fully saturated rings. The average molecular weight is 333 g/mol. The first-order valence-electron chi connectivity index (χ1n) is 4.68. The van der Waals surface area contributed by atoms with E-state index < -0.39 is 10.0 Å². The topological polar surface area (TPSA) is 59.1 Å². The molecule has 7 heteroatoms. The molecule has 0 saturated heterocycles. The maximum Gasteiger partial charge on any atom is 0.263 e. The molecule has 0 spiro atoms. The normalized spacial score (nSPS) is 11.4. The summed E-state index contributed by atoms with van der Waals surface area (Å²) in [6, 6.07) is 4.92. The van der Waals surface area contributed by atoms with Crippen molar-refractivity contribution in [2.24, 2.45) is 0 Å². The van der Waals surface area contributed by atoms with Gasteiger partial charge in [-0.15, -0.1) is 11.3 Å². The van der Waals surface area contributed by atoms with Crippen LogP contribution in [0.15, 0.2) is 39.3 Å². The first kappa shape index (κ1) is 12.5. The van der Waals surface area contributed by atoms with Crippen molar-refractivity contribution in [1.29, 1.82) is 0 Å². The van der Waals surface area contributed by atoms with E-state index in [1.165, 1.54) is 17.5 Å². The molecule has 0 aliphatic rings. The number of nitrogens with zero attached hydrogens (tertiary/aromatic N) is 1. The number of rotatable bonds is 3. The molecule has 0 saturated carbocycles. The molecule has 2 aromatic rings. The van der Waals surface area contributed by atoms with Crippen LogP contribution in [0.5, 0.6) is 0 Å². The van der Waals surface area contributed by atoms with Gasteiger partial charge >= 0.3 is 0 Å². The van der Waals surface area contributed by atoms with Gasteiger partial charge in [0.1, 0.15) is 4.90 Å². The van der Waals surface area contributed by atoms with Gasteiger partial charge in [-0.1, -0.05) is 0 Å². The predicted molar refractivity (Wildman–Crippen MR) is 71.8 cm³/mol. The summed E-state index contributed by atoms with van der Waals surface area (Å²) in [7, 11) is -3.53. The molecule has 1 N–H and O–H groups in total. The fourth-order valence-corrected chi connectivity index (χ4v) is 4.79. The van der Waals surface area contributed by atoms with Crippen LogP contribution in [0.4, 0.5) is 5.69 Å². The van der Waals surface area contributed by atoms with Crippen LogP contribution in [0.2, 0.25) is 0 Å². The number of aromatic nitrogens is 1. The van der Waals surface area contributed by atoms with Gasteiger partial charge in [-0.3, -0.25) is 9.71 Å². The van der Waals surface area contributed by atoms with Crippen molar-refractivity contribution in [3.63, 3.8) is 0 Å². The van der Waals surface area contributed by atoms with Gasteiger partial charge in [-0.2, -0.15) is 0 Å². The largest absolute Gasteiger partial charge is 0.278 e. The highest BCUT2D eigenvalue weighted by Crippen LogP contribution is 2.30. The third-order valence-electron chi connectivity index (χ3n) is 2.05. The summed E-state index contributed by atoms with van der Waals surface area (Å²) in [5, 5.41) is 0. The molecule has 0 bridgehead atoms. The van der Waals surface area contributed by atoms with E-state index in [0.29, 0.717) is 10.6 Å². The lowest BCUT2D eigenvalue weighted by Crippen LogP contribution is -2.13. The molecule has 2 heterocycles. The fraction of sp³-hybridized carbons (Fsp3) is 0.100. The lowest BCUT2D eigenvalue weighted by molar-refractivity contribution is 0.601. The van der Waals surface area contributed by atoms with Crippen LogP contribution in [-0.2, 0) is 10.0 Å². The molecule has 0 unspecified atom stereocenters. The minimum absolute atomic E-state index is 0.290. The summed E-state index contributed by atoms with van der Waals surface area (Å²) in [5.41, 5.74) is 0.453. The minimum atomic E-state index is -3.53. The summed E-state index contributed by atoms with van der Waals surface area (Å²) in [6.45, 7) is 1.77. The third-order valence-corrected chi connectivity index (χ3v) is 5.24. The number of halogens is 1. The van der Waals surface area contributed by atoms with Crippen molar-refractivity contribution >= 4 is 43.0 Å². The molecule has 2 aromatic heterocycles. The van der Waals surface area contributed by atoms with Gasteiger partial charge in [0, 0.05) is 11.1 Å². The number of aryl methyl sites for hydroxylation is 1. The Morgan fingerprint density at radius 3 is 2.76 bits per heavy atom. The number of thiophene rings is 1. The molecule has 4 nitrogen and oxygen atoms in total. The number of sulfonamides is 1. The summed E-state index contributed by atoms with van der Waals surface area (Å²) in [4.78, 5) is 4.89. The van der Waals surface area contributed by atoms with Gasteiger partial charge in [0.15, 0.2) is 0 Å². The van der Waals surface area contributed by atoms with Crippen molar-refractivity contribution in [2.75, 3.05) is 4.72 Å². The molecule has 0 aromatic carbocycles. The van der Waals surface area contributed by atoms with Gasteiger partial charge in [0.25, 0.3) is 10.0 Å². The van der Waals surface area contributed by atoms with Crippen LogP contribution in [0.3, 0.4) is 0 Å². The van der Waals surface area contributed by atoms with Crippen LogP contribution >= 0.6 is 27.3 Å². The summed E-state index contributed by atoms with van der Waals surface area (Å²) in [6.07, 6.45) is 3.05. The molecule has 0 aliphatic heterocycles. The van der Waals surface area contributed by atoms with Gasteiger partial charge in [-0.05, 0) is 41.1 Å². The highest BCUT2D eigenvalue weighted by atomic mass is 79.9. The van der Waals surface area contributed by atoms with Crippen molar-refractivity contribution in [1.82, 2.24) is 4.98 Å². The van der Waals surface area contributed by atoms with E-state index in [4.69, 9.17) is 0 Å². The van der Waals surface area contributed by atoms with E-state index in [1.54, 1.807) is 31.3 Å². The van der Waals surface area contributed by atoms with Crippen LogP contribution in [0, 0.1) is 6.92 Å². The fourth-order valence-electron chi connectivity index (χ4n) is 1.33. The lowest BCUT2D eigenvalue weighted by Gasteiger charge is -2.06. The standard InChI is InChI=1S/C10H9BrN2O2S2/c1-7-9(5-10(11)16-7)17(14,15)13-8-3-2-4-12-6-8/h2-6,13H,1H3. The third kappa shape index (κ3) is 2.85. The van der Waals surface area contributed by atoms with E-state index in [1.807, 2.05) is 0 Å². The van der Waals surface area contributed by atoms with E-state index in [2.05, 4.69) is 25.6 Å². The highest BCUT2D eigenvalue weighted by molar-refractivity contribution is 9.11. The number of pyridine rings is 1. The van der Waals surface area contributed by atoms with E-state index >= 15 is 0 Å². The maximum absolute atomic E-state index is 12.1. The first-order valence-corrected chi connectivity index (χ1v) is 7.77. The van der Waals surface area contributed by atoms with Crippen LogP contribution in [0.1, 0.15) is 4.88 Å².